The molecule has 0 bridgehead atoms. The molecule has 1 atom stereocenters. The minimum atomic E-state index is -0.149. The van der Waals surface area contributed by atoms with Gasteiger partial charge in [-0.25, -0.2) is 4.98 Å². The first-order valence-corrected chi connectivity index (χ1v) is 6.87. The Hall–Kier alpha value is -1.66. The topological polar surface area (TPSA) is 72.4 Å². The van der Waals surface area contributed by atoms with Crippen molar-refractivity contribution in [2.24, 2.45) is 5.73 Å². The van der Waals surface area contributed by atoms with Crippen LogP contribution in [-0.2, 0) is 6.54 Å². The van der Waals surface area contributed by atoms with E-state index < -0.39 is 0 Å². The van der Waals surface area contributed by atoms with Gasteiger partial charge in [0.25, 0.3) is 5.91 Å². The number of hydrogen-bond acceptors (Lipinski definition) is 5. The molecule has 0 aliphatic rings. The van der Waals surface area contributed by atoms with Crippen LogP contribution in [0.25, 0.3) is 0 Å². The minimum Gasteiger partial charge on any atom is -0.464 e. The second-order valence-corrected chi connectivity index (χ2v) is 5.42. The van der Waals surface area contributed by atoms with Gasteiger partial charge in [0.05, 0.1) is 12.6 Å². The number of nitrogens with zero attached hydrogens (tertiary/aromatic N) is 2. The Morgan fingerprint density at radius 3 is 2.84 bits per heavy atom. The second kappa shape index (κ2) is 5.54. The fourth-order valence-corrected chi connectivity index (χ4v) is 2.42. The lowest BCUT2D eigenvalue weighted by Crippen LogP contribution is -2.26. The van der Waals surface area contributed by atoms with Gasteiger partial charge in [-0.15, -0.1) is 11.3 Å². The number of carbonyl (C=O) groups excluding carboxylic acids is 1. The largest absolute Gasteiger partial charge is 0.464 e. The average molecular weight is 279 g/mol. The summed E-state index contributed by atoms with van der Waals surface area (Å²) < 4.78 is 5.45. The molecule has 0 aromatic carbocycles. The van der Waals surface area contributed by atoms with E-state index in [-0.39, 0.29) is 11.9 Å². The van der Waals surface area contributed by atoms with Gasteiger partial charge in [-0.05, 0) is 26.0 Å². The van der Waals surface area contributed by atoms with Gasteiger partial charge in [0.1, 0.15) is 22.2 Å². The van der Waals surface area contributed by atoms with Crippen molar-refractivity contribution in [3.8, 4) is 0 Å². The van der Waals surface area contributed by atoms with Crippen LogP contribution in [0.5, 0.6) is 0 Å². The number of aromatic nitrogens is 1. The number of amides is 1. The molecule has 2 heterocycles. The smallest absolute Gasteiger partial charge is 0.273 e. The van der Waals surface area contributed by atoms with E-state index in [9.17, 15) is 4.79 Å². The summed E-state index contributed by atoms with van der Waals surface area (Å²) in [7, 11) is 1.73. The number of nitrogens with two attached hydrogens (primary N) is 1. The fourth-order valence-electron chi connectivity index (χ4n) is 1.67. The number of hydrogen-bond donors (Lipinski definition) is 1. The lowest BCUT2D eigenvalue weighted by atomic mass is 10.3. The lowest BCUT2D eigenvalue weighted by molar-refractivity contribution is 0.0770. The van der Waals surface area contributed by atoms with Gasteiger partial charge >= 0.3 is 0 Å². The van der Waals surface area contributed by atoms with Crippen molar-refractivity contribution in [1.82, 2.24) is 9.88 Å². The van der Waals surface area contributed by atoms with Crippen LogP contribution in [0.4, 0.5) is 0 Å². The second-order valence-electron chi connectivity index (χ2n) is 4.53. The van der Waals surface area contributed by atoms with E-state index >= 15 is 0 Å². The molecule has 2 aromatic heterocycles. The fraction of sp³-hybridized carbons (Fsp3) is 0.385. The molecular formula is C13H17N3O2S. The van der Waals surface area contributed by atoms with E-state index in [1.165, 1.54) is 11.3 Å². The predicted molar refractivity (Wildman–Crippen MR) is 74.0 cm³/mol. The number of aryl methyl sites for hydroxylation is 1. The van der Waals surface area contributed by atoms with Crippen LogP contribution in [0.2, 0.25) is 0 Å². The van der Waals surface area contributed by atoms with Crippen LogP contribution in [0.1, 0.15) is 40.0 Å². The number of thiazole rings is 1. The van der Waals surface area contributed by atoms with Crippen molar-refractivity contribution < 1.29 is 9.21 Å². The Labute approximate surface area is 116 Å². The Morgan fingerprint density at radius 2 is 2.32 bits per heavy atom. The summed E-state index contributed by atoms with van der Waals surface area (Å²) in [5.74, 6) is 1.47. The third kappa shape index (κ3) is 3.21. The maximum Gasteiger partial charge on any atom is 0.273 e. The van der Waals surface area contributed by atoms with Gasteiger partial charge in [-0.3, -0.25) is 4.79 Å². The summed E-state index contributed by atoms with van der Waals surface area (Å²) in [6, 6.07) is 3.60. The summed E-state index contributed by atoms with van der Waals surface area (Å²) in [6.45, 7) is 4.15. The van der Waals surface area contributed by atoms with Crippen molar-refractivity contribution in [2.45, 2.75) is 26.4 Å². The third-order valence-corrected chi connectivity index (χ3v) is 3.71. The molecule has 1 amide bonds. The van der Waals surface area contributed by atoms with Crippen molar-refractivity contribution >= 4 is 17.2 Å². The predicted octanol–water partition coefficient (Wildman–Crippen LogP) is 2.34. The molecule has 2 N–H and O–H groups in total. The molecule has 2 rings (SSSR count). The maximum atomic E-state index is 12.2. The molecule has 0 fully saturated rings. The summed E-state index contributed by atoms with van der Waals surface area (Å²) in [5, 5.41) is 2.51. The molecule has 0 saturated carbocycles. The first-order valence-electron chi connectivity index (χ1n) is 5.99. The Kier molecular flexibility index (Phi) is 4.01. The summed E-state index contributed by atoms with van der Waals surface area (Å²) in [5.41, 5.74) is 6.17. The first-order chi connectivity index (χ1) is 8.97. The zero-order chi connectivity index (χ0) is 14.0. The van der Waals surface area contributed by atoms with Gasteiger partial charge in [-0.2, -0.15) is 0 Å². The highest BCUT2D eigenvalue weighted by Gasteiger charge is 2.17. The van der Waals surface area contributed by atoms with Gasteiger partial charge in [-0.1, -0.05) is 0 Å². The van der Waals surface area contributed by atoms with E-state index in [0.29, 0.717) is 12.2 Å². The van der Waals surface area contributed by atoms with Crippen molar-refractivity contribution in [3.05, 3.63) is 39.7 Å². The van der Waals surface area contributed by atoms with Crippen molar-refractivity contribution in [2.75, 3.05) is 7.05 Å². The van der Waals surface area contributed by atoms with Crippen LogP contribution < -0.4 is 5.73 Å². The van der Waals surface area contributed by atoms with Crippen LogP contribution in [-0.4, -0.2) is 22.8 Å². The highest BCUT2D eigenvalue weighted by molar-refractivity contribution is 7.09. The molecule has 19 heavy (non-hydrogen) atoms. The summed E-state index contributed by atoms with van der Waals surface area (Å²) >= 11 is 1.41. The maximum absolute atomic E-state index is 12.2. The minimum absolute atomic E-state index is 0.128. The molecule has 102 valence electrons. The number of rotatable bonds is 4. The number of furan rings is 1. The van der Waals surface area contributed by atoms with E-state index in [0.717, 1.165) is 16.5 Å². The normalized spacial score (nSPS) is 12.4. The SMILES string of the molecule is Cc1ccc(CN(C)C(=O)c2csc(C(C)N)n2)o1. The van der Waals surface area contributed by atoms with Crippen molar-refractivity contribution in [1.29, 1.82) is 0 Å². The summed E-state index contributed by atoms with van der Waals surface area (Å²) in [4.78, 5) is 18.0. The van der Waals surface area contributed by atoms with Crippen LogP contribution >= 0.6 is 11.3 Å². The Bertz CT molecular complexity index is 574. The molecule has 6 heteroatoms. The van der Waals surface area contributed by atoms with E-state index in [4.69, 9.17) is 10.2 Å². The Morgan fingerprint density at radius 1 is 1.58 bits per heavy atom. The molecule has 0 radical (unpaired) electrons. The molecule has 0 aliphatic carbocycles. The van der Waals surface area contributed by atoms with Crippen LogP contribution in [0.15, 0.2) is 21.9 Å². The monoisotopic (exact) mass is 279 g/mol. The summed E-state index contributed by atoms with van der Waals surface area (Å²) in [6.07, 6.45) is 0. The first kappa shape index (κ1) is 13.8. The molecule has 2 aromatic rings. The zero-order valence-electron chi connectivity index (χ0n) is 11.2. The van der Waals surface area contributed by atoms with E-state index in [1.807, 2.05) is 26.0 Å². The molecule has 5 nitrogen and oxygen atoms in total. The molecule has 0 aliphatic heterocycles. The zero-order valence-corrected chi connectivity index (χ0v) is 12.0. The highest BCUT2D eigenvalue weighted by Crippen LogP contribution is 2.17. The quantitative estimate of drug-likeness (QED) is 0.932. The van der Waals surface area contributed by atoms with Crippen LogP contribution in [0, 0.1) is 6.92 Å². The van der Waals surface area contributed by atoms with Crippen molar-refractivity contribution in [3.63, 3.8) is 0 Å². The lowest BCUT2D eigenvalue weighted by Gasteiger charge is -2.14. The number of carbonyl (C=O) groups is 1. The molecule has 0 spiro atoms. The standard InChI is InChI=1S/C13H17N3O2S/c1-8-4-5-10(18-8)6-16(3)13(17)11-7-19-12(15-11)9(2)14/h4-5,7,9H,6,14H2,1-3H3. The Balaban J connectivity index is 2.05. The van der Waals surface area contributed by atoms with Gasteiger partial charge in [0, 0.05) is 12.4 Å². The third-order valence-electron chi connectivity index (χ3n) is 2.67. The van der Waals surface area contributed by atoms with Gasteiger partial charge in [0.2, 0.25) is 0 Å². The molecule has 1 unspecified atom stereocenters. The molecular weight excluding hydrogens is 262 g/mol. The highest BCUT2D eigenvalue weighted by atomic mass is 32.1. The van der Waals surface area contributed by atoms with Gasteiger partial charge in [0.15, 0.2) is 0 Å². The van der Waals surface area contributed by atoms with Crippen LogP contribution in [0.3, 0.4) is 0 Å². The average Bonchev–Trinajstić information content (AvgIpc) is 2.97. The van der Waals surface area contributed by atoms with E-state index in [1.54, 1.807) is 17.3 Å². The molecule has 0 saturated heterocycles. The van der Waals surface area contributed by atoms with Gasteiger partial charge < -0.3 is 15.1 Å². The van der Waals surface area contributed by atoms with E-state index in [2.05, 4.69) is 4.98 Å².